The first-order valence-corrected chi connectivity index (χ1v) is 13.4. The maximum Gasteiger partial charge on any atom is 0.303 e. The van der Waals surface area contributed by atoms with Crippen LogP contribution in [0.2, 0.25) is 0 Å². The first-order valence-electron chi connectivity index (χ1n) is 12.6. The third-order valence-electron chi connectivity index (χ3n) is 6.46. The highest BCUT2D eigenvalue weighted by Crippen LogP contribution is 2.39. The molecule has 2 fully saturated rings. The van der Waals surface area contributed by atoms with Gasteiger partial charge in [-0.2, -0.15) is 5.26 Å². The zero-order chi connectivity index (χ0) is 27.2. The lowest BCUT2D eigenvalue weighted by atomic mass is 9.86. The summed E-state index contributed by atoms with van der Waals surface area (Å²) in [5.41, 5.74) is 1.72. The first-order chi connectivity index (χ1) is 18.3. The molecular weight excluding hydrogens is 512 g/mol. The Morgan fingerprint density at radius 3 is 2.32 bits per heavy atom. The van der Waals surface area contributed by atoms with Crippen molar-refractivity contribution in [3.8, 4) is 22.4 Å². The van der Waals surface area contributed by atoms with Crippen LogP contribution >= 0.6 is 11.3 Å². The van der Waals surface area contributed by atoms with Crippen LogP contribution in [0.15, 0.2) is 23.6 Å². The number of pyridine rings is 1. The number of hydrogen-bond acceptors (Lipinski definition) is 11. The first kappa shape index (κ1) is 27.5. The summed E-state index contributed by atoms with van der Waals surface area (Å²) < 4.78 is 28.1. The summed E-state index contributed by atoms with van der Waals surface area (Å²) in [6.07, 6.45) is 0.543. The molecule has 1 aliphatic heterocycles. The molecule has 0 bridgehead atoms. The summed E-state index contributed by atoms with van der Waals surface area (Å²) in [6.45, 7) is 3.40. The van der Waals surface area contributed by atoms with Crippen LogP contribution in [0.25, 0.3) is 10.4 Å². The minimum atomic E-state index is -1.29. The summed E-state index contributed by atoms with van der Waals surface area (Å²) in [6, 6.07) is 7.99. The summed E-state index contributed by atoms with van der Waals surface area (Å²) >= 11 is 1.50. The average Bonchev–Trinajstić information content (AvgIpc) is 3.41. The summed E-state index contributed by atoms with van der Waals surface area (Å²) in [4.78, 5) is 41.2. The molecule has 0 aromatic carbocycles. The minimum Gasteiger partial charge on any atom is -0.456 e. The second-order valence-electron chi connectivity index (χ2n) is 9.31. The number of carbonyl (C=O) groups excluding carboxylic acids is 3. The molecule has 4 rings (SSSR count). The third kappa shape index (κ3) is 6.49. The average molecular weight is 543 g/mol. The molecule has 0 spiro atoms. The van der Waals surface area contributed by atoms with Crippen LogP contribution in [-0.2, 0) is 33.3 Å². The van der Waals surface area contributed by atoms with Crippen molar-refractivity contribution in [2.75, 3.05) is 6.61 Å². The van der Waals surface area contributed by atoms with Crippen molar-refractivity contribution in [3.63, 3.8) is 0 Å². The van der Waals surface area contributed by atoms with Gasteiger partial charge in [-0.15, -0.1) is 11.3 Å². The van der Waals surface area contributed by atoms with Gasteiger partial charge in [0.2, 0.25) is 18.3 Å². The van der Waals surface area contributed by atoms with E-state index in [1.807, 2.05) is 23.6 Å². The van der Waals surface area contributed by atoms with Crippen LogP contribution in [0.5, 0.6) is 5.88 Å². The molecule has 2 aromatic heterocycles. The van der Waals surface area contributed by atoms with E-state index in [9.17, 15) is 19.6 Å². The van der Waals surface area contributed by atoms with Gasteiger partial charge in [-0.05, 0) is 30.4 Å². The summed E-state index contributed by atoms with van der Waals surface area (Å²) in [5.74, 6) is -1.72. The quantitative estimate of drug-likeness (QED) is 0.369. The fourth-order valence-electron chi connectivity index (χ4n) is 4.89. The predicted octanol–water partition coefficient (Wildman–Crippen LogP) is 4.26. The number of ether oxygens (including phenoxy) is 5. The van der Waals surface area contributed by atoms with Crippen molar-refractivity contribution in [2.45, 2.75) is 83.4 Å². The van der Waals surface area contributed by atoms with E-state index in [4.69, 9.17) is 28.7 Å². The largest absolute Gasteiger partial charge is 0.456 e. The maximum atomic E-state index is 12.0. The van der Waals surface area contributed by atoms with E-state index in [-0.39, 0.29) is 24.0 Å². The Morgan fingerprint density at radius 2 is 1.71 bits per heavy atom. The van der Waals surface area contributed by atoms with Crippen molar-refractivity contribution in [2.24, 2.45) is 0 Å². The van der Waals surface area contributed by atoms with Crippen molar-refractivity contribution in [3.05, 3.63) is 34.8 Å². The molecule has 0 amide bonds. The van der Waals surface area contributed by atoms with Gasteiger partial charge in [0.15, 0.2) is 12.2 Å². The van der Waals surface area contributed by atoms with Gasteiger partial charge in [-0.3, -0.25) is 14.4 Å². The van der Waals surface area contributed by atoms with Gasteiger partial charge in [0.1, 0.15) is 11.6 Å². The van der Waals surface area contributed by atoms with Crippen LogP contribution < -0.4 is 4.74 Å². The van der Waals surface area contributed by atoms with E-state index in [0.717, 1.165) is 36.3 Å². The van der Waals surface area contributed by atoms with E-state index in [1.54, 1.807) is 0 Å². The lowest BCUT2D eigenvalue weighted by Crippen LogP contribution is -2.59. The van der Waals surface area contributed by atoms with Crippen molar-refractivity contribution in [1.82, 2.24) is 4.98 Å². The summed E-state index contributed by atoms with van der Waals surface area (Å²) in [5, 5.41) is 12.1. The molecule has 3 heterocycles. The highest BCUT2D eigenvalue weighted by Gasteiger charge is 2.48. The molecule has 4 atom stereocenters. The van der Waals surface area contributed by atoms with Gasteiger partial charge in [-0.1, -0.05) is 25.3 Å². The molecule has 1 saturated carbocycles. The number of nitriles is 1. The number of aromatic nitrogens is 1. The van der Waals surface area contributed by atoms with Gasteiger partial charge in [0, 0.05) is 42.8 Å². The molecule has 202 valence electrons. The molecule has 0 N–H and O–H groups in total. The molecule has 2 aromatic rings. The molecule has 38 heavy (non-hydrogen) atoms. The van der Waals surface area contributed by atoms with Crippen molar-refractivity contribution < 1.29 is 38.1 Å². The van der Waals surface area contributed by atoms with Gasteiger partial charge >= 0.3 is 17.9 Å². The van der Waals surface area contributed by atoms with E-state index in [0.29, 0.717) is 5.56 Å². The highest BCUT2D eigenvalue weighted by atomic mass is 32.1. The van der Waals surface area contributed by atoms with E-state index in [2.05, 4.69) is 6.07 Å². The number of carbonyl (C=O) groups is 3. The smallest absolute Gasteiger partial charge is 0.303 e. The van der Waals surface area contributed by atoms with Crippen LogP contribution in [0.3, 0.4) is 0 Å². The second kappa shape index (κ2) is 12.4. The van der Waals surface area contributed by atoms with Crippen molar-refractivity contribution in [1.29, 1.82) is 5.26 Å². The Hall–Kier alpha value is -3.49. The molecule has 2 aliphatic rings. The Kier molecular flexibility index (Phi) is 8.97. The van der Waals surface area contributed by atoms with E-state index in [1.165, 1.54) is 38.5 Å². The lowest BCUT2D eigenvalue weighted by Gasteiger charge is -2.40. The molecule has 1 saturated heterocycles. The normalized spacial score (nSPS) is 23.6. The molecular formula is C27H30N2O8S. The Morgan fingerprint density at radius 1 is 1.03 bits per heavy atom. The molecule has 1 aliphatic carbocycles. The van der Waals surface area contributed by atoms with Gasteiger partial charge < -0.3 is 23.7 Å². The van der Waals surface area contributed by atoms with Crippen molar-refractivity contribution >= 4 is 29.2 Å². The Balaban J connectivity index is 1.74. The van der Waals surface area contributed by atoms with Gasteiger partial charge in [0.05, 0.1) is 6.61 Å². The molecule has 0 radical (unpaired) electrons. The Labute approximate surface area is 224 Å². The Bertz CT molecular complexity index is 1200. The fourth-order valence-corrected chi connectivity index (χ4v) is 5.64. The maximum absolute atomic E-state index is 12.0. The monoisotopic (exact) mass is 542 g/mol. The zero-order valence-electron chi connectivity index (χ0n) is 21.5. The van der Waals surface area contributed by atoms with Crippen LogP contribution in [0.1, 0.15) is 70.1 Å². The fraction of sp³-hybridized carbons (Fsp3) is 0.519. The number of nitrogens with zero attached hydrogens (tertiary/aromatic N) is 2. The number of thiophene rings is 1. The SMILES string of the molecule is CC(=O)O[C@@H]1[C@@H](OC(C)=O)[C@H](Oc2nc(C3CCCCC3)cc(-c3cccs3)c2C#N)OC[C@H]1OC(C)=O. The van der Waals surface area contributed by atoms with E-state index < -0.39 is 42.5 Å². The topological polar surface area (TPSA) is 134 Å². The lowest BCUT2D eigenvalue weighted by molar-refractivity contribution is -0.260. The highest BCUT2D eigenvalue weighted by molar-refractivity contribution is 7.13. The molecule has 10 nitrogen and oxygen atoms in total. The standard InChI is InChI=1S/C27H30N2O8S/c1-15(30)34-22-14-33-27(25(36-17(3)32)24(22)35-16(2)31)37-26-20(13-28)19(23-10-7-11-38-23)12-21(29-26)18-8-5-4-6-9-18/h7,10-12,18,22,24-25,27H,4-6,8-9,14H2,1-3H3/t22-,24+,25-,27+/m1/s1. The number of esters is 3. The minimum absolute atomic E-state index is 0.0358. The molecule has 11 heteroatoms. The molecule has 0 unspecified atom stereocenters. The van der Waals surface area contributed by atoms with E-state index >= 15 is 0 Å². The summed E-state index contributed by atoms with van der Waals surface area (Å²) in [7, 11) is 0. The van der Waals surface area contributed by atoms with Gasteiger partial charge in [-0.25, -0.2) is 4.98 Å². The zero-order valence-corrected chi connectivity index (χ0v) is 22.3. The van der Waals surface area contributed by atoms with Crippen LogP contribution in [0.4, 0.5) is 0 Å². The predicted molar refractivity (Wildman–Crippen MR) is 135 cm³/mol. The number of rotatable bonds is 7. The van der Waals surface area contributed by atoms with Crippen LogP contribution in [0, 0.1) is 11.3 Å². The second-order valence-corrected chi connectivity index (χ2v) is 10.3. The van der Waals surface area contributed by atoms with Crippen LogP contribution in [-0.4, -0.2) is 54.1 Å². The van der Waals surface area contributed by atoms with Gasteiger partial charge in [0.25, 0.3) is 0 Å². The third-order valence-corrected chi connectivity index (χ3v) is 7.36. The number of hydrogen-bond donors (Lipinski definition) is 0.